The molecule has 0 bridgehead atoms. The zero-order chi connectivity index (χ0) is 13.5. The van der Waals surface area contributed by atoms with E-state index in [1.165, 1.54) is 5.56 Å². The molecule has 1 fully saturated rings. The van der Waals surface area contributed by atoms with Gasteiger partial charge in [-0.1, -0.05) is 19.1 Å². The lowest BCUT2D eigenvalue weighted by Crippen LogP contribution is -2.26. The molecule has 1 aromatic rings. The third-order valence-electron chi connectivity index (χ3n) is 3.24. The molecule has 19 heavy (non-hydrogen) atoms. The zero-order valence-electron chi connectivity index (χ0n) is 11.5. The number of nitrogens with one attached hydrogen (secondary N) is 1. The highest BCUT2D eigenvalue weighted by molar-refractivity contribution is 9.10. The van der Waals surface area contributed by atoms with E-state index in [1.807, 2.05) is 6.07 Å². The van der Waals surface area contributed by atoms with Crippen LogP contribution >= 0.6 is 15.9 Å². The number of halogens is 1. The summed E-state index contributed by atoms with van der Waals surface area (Å²) in [6.07, 6.45) is 3.37. The van der Waals surface area contributed by atoms with Gasteiger partial charge in [0.1, 0.15) is 11.9 Å². The summed E-state index contributed by atoms with van der Waals surface area (Å²) in [5, 5.41) is 3.43. The number of hydrogen-bond acceptors (Lipinski definition) is 3. The molecular weight excluding hydrogens is 306 g/mol. The molecule has 0 atom stereocenters. The minimum absolute atomic E-state index is 0.275. The van der Waals surface area contributed by atoms with Crippen LogP contribution in [0.15, 0.2) is 22.7 Å². The summed E-state index contributed by atoms with van der Waals surface area (Å²) in [6.45, 7) is 5.67. The number of hydrogen-bond donors (Lipinski definition) is 1. The SMILES string of the molecule is CCCNCc1cccc(Br)c1OC1CCOCC1. The summed E-state index contributed by atoms with van der Waals surface area (Å²) in [4.78, 5) is 0. The Morgan fingerprint density at radius 1 is 1.37 bits per heavy atom. The molecule has 1 N–H and O–H groups in total. The lowest BCUT2D eigenvalue weighted by Gasteiger charge is -2.25. The maximum atomic E-state index is 6.18. The van der Waals surface area contributed by atoms with Crippen LogP contribution in [0.4, 0.5) is 0 Å². The second-order valence-corrected chi connectivity index (χ2v) is 5.69. The lowest BCUT2D eigenvalue weighted by atomic mass is 10.1. The second kappa shape index (κ2) is 7.88. The molecule has 0 radical (unpaired) electrons. The largest absolute Gasteiger partial charge is 0.489 e. The van der Waals surface area contributed by atoms with E-state index >= 15 is 0 Å². The van der Waals surface area contributed by atoms with Crippen LogP contribution in [0.25, 0.3) is 0 Å². The third-order valence-corrected chi connectivity index (χ3v) is 3.87. The van der Waals surface area contributed by atoms with Crippen LogP contribution < -0.4 is 10.1 Å². The van der Waals surface area contributed by atoms with Crippen molar-refractivity contribution in [2.75, 3.05) is 19.8 Å². The molecule has 0 amide bonds. The molecule has 1 heterocycles. The van der Waals surface area contributed by atoms with Gasteiger partial charge < -0.3 is 14.8 Å². The van der Waals surface area contributed by atoms with Gasteiger partial charge in [-0.2, -0.15) is 0 Å². The van der Waals surface area contributed by atoms with Gasteiger partial charge in [0, 0.05) is 24.9 Å². The molecule has 0 spiro atoms. The van der Waals surface area contributed by atoms with Crippen LogP contribution in [0.1, 0.15) is 31.7 Å². The monoisotopic (exact) mass is 327 g/mol. The first kappa shape index (κ1) is 14.8. The summed E-state index contributed by atoms with van der Waals surface area (Å²) in [5.41, 5.74) is 1.22. The third kappa shape index (κ3) is 4.48. The first-order valence-electron chi connectivity index (χ1n) is 7.03. The molecule has 1 aromatic carbocycles. The summed E-state index contributed by atoms with van der Waals surface area (Å²) in [6, 6.07) is 6.23. The van der Waals surface area contributed by atoms with E-state index in [2.05, 4.69) is 40.3 Å². The van der Waals surface area contributed by atoms with E-state index in [9.17, 15) is 0 Å². The average Bonchev–Trinajstić information content (AvgIpc) is 2.44. The van der Waals surface area contributed by atoms with Gasteiger partial charge in [0.25, 0.3) is 0 Å². The van der Waals surface area contributed by atoms with Gasteiger partial charge in [-0.25, -0.2) is 0 Å². The maximum Gasteiger partial charge on any atom is 0.138 e. The zero-order valence-corrected chi connectivity index (χ0v) is 13.0. The minimum Gasteiger partial charge on any atom is -0.489 e. The summed E-state index contributed by atoms with van der Waals surface area (Å²) < 4.78 is 12.6. The normalized spacial score (nSPS) is 16.5. The van der Waals surface area contributed by atoms with Crippen molar-refractivity contribution in [2.24, 2.45) is 0 Å². The quantitative estimate of drug-likeness (QED) is 0.811. The van der Waals surface area contributed by atoms with Gasteiger partial charge in [-0.05, 0) is 35.0 Å². The van der Waals surface area contributed by atoms with Gasteiger partial charge in [-0.3, -0.25) is 0 Å². The smallest absolute Gasteiger partial charge is 0.138 e. The molecule has 0 unspecified atom stereocenters. The molecule has 3 nitrogen and oxygen atoms in total. The van der Waals surface area contributed by atoms with Crippen molar-refractivity contribution < 1.29 is 9.47 Å². The fourth-order valence-electron chi connectivity index (χ4n) is 2.18. The van der Waals surface area contributed by atoms with Crippen LogP contribution in [0.2, 0.25) is 0 Å². The van der Waals surface area contributed by atoms with Gasteiger partial charge in [0.2, 0.25) is 0 Å². The van der Waals surface area contributed by atoms with Crippen LogP contribution in [-0.4, -0.2) is 25.9 Å². The second-order valence-electron chi connectivity index (χ2n) is 4.83. The van der Waals surface area contributed by atoms with Gasteiger partial charge in [-0.15, -0.1) is 0 Å². The van der Waals surface area contributed by atoms with Gasteiger partial charge in [0.15, 0.2) is 0 Å². The Balaban J connectivity index is 2.03. The van der Waals surface area contributed by atoms with E-state index < -0.39 is 0 Å². The topological polar surface area (TPSA) is 30.5 Å². The predicted molar refractivity (Wildman–Crippen MR) is 80.6 cm³/mol. The Morgan fingerprint density at radius 2 is 2.16 bits per heavy atom. The molecule has 0 aromatic heterocycles. The number of para-hydroxylation sites is 1. The van der Waals surface area contributed by atoms with Gasteiger partial charge >= 0.3 is 0 Å². The molecule has 1 aliphatic heterocycles. The van der Waals surface area contributed by atoms with Crippen molar-refractivity contribution in [2.45, 2.75) is 38.8 Å². The summed E-state index contributed by atoms with van der Waals surface area (Å²) in [7, 11) is 0. The predicted octanol–water partition coefficient (Wildman–Crippen LogP) is 3.51. The Morgan fingerprint density at radius 3 is 2.89 bits per heavy atom. The Labute approximate surface area is 123 Å². The fourth-order valence-corrected chi connectivity index (χ4v) is 2.69. The molecule has 2 rings (SSSR count). The van der Waals surface area contributed by atoms with E-state index in [0.717, 1.165) is 55.8 Å². The van der Waals surface area contributed by atoms with E-state index in [1.54, 1.807) is 0 Å². The van der Waals surface area contributed by atoms with Crippen molar-refractivity contribution in [3.63, 3.8) is 0 Å². The molecule has 1 saturated heterocycles. The van der Waals surface area contributed by atoms with Crippen molar-refractivity contribution in [1.29, 1.82) is 0 Å². The maximum absolute atomic E-state index is 6.18. The summed E-state index contributed by atoms with van der Waals surface area (Å²) >= 11 is 3.60. The van der Waals surface area contributed by atoms with Crippen LogP contribution in [0.5, 0.6) is 5.75 Å². The highest BCUT2D eigenvalue weighted by atomic mass is 79.9. The van der Waals surface area contributed by atoms with E-state index in [4.69, 9.17) is 9.47 Å². The Bertz CT molecular complexity index is 392. The minimum atomic E-state index is 0.275. The van der Waals surface area contributed by atoms with Crippen LogP contribution in [0, 0.1) is 0 Å². The van der Waals surface area contributed by atoms with Crippen LogP contribution in [-0.2, 0) is 11.3 Å². The lowest BCUT2D eigenvalue weighted by molar-refractivity contribution is 0.0248. The van der Waals surface area contributed by atoms with Crippen molar-refractivity contribution in [1.82, 2.24) is 5.32 Å². The number of ether oxygens (including phenoxy) is 2. The molecule has 1 aliphatic rings. The summed E-state index contributed by atoms with van der Waals surface area (Å²) in [5.74, 6) is 0.984. The van der Waals surface area contributed by atoms with E-state index in [-0.39, 0.29) is 6.10 Å². The molecule has 0 aliphatic carbocycles. The van der Waals surface area contributed by atoms with Crippen molar-refractivity contribution >= 4 is 15.9 Å². The first-order valence-corrected chi connectivity index (χ1v) is 7.83. The van der Waals surface area contributed by atoms with Crippen molar-refractivity contribution in [3.05, 3.63) is 28.2 Å². The molecule has 0 saturated carbocycles. The molecule has 106 valence electrons. The van der Waals surface area contributed by atoms with E-state index in [0.29, 0.717) is 0 Å². The number of rotatable bonds is 6. The first-order chi connectivity index (χ1) is 9.31. The fraction of sp³-hybridized carbons (Fsp3) is 0.600. The molecular formula is C15H22BrNO2. The Hall–Kier alpha value is -0.580. The molecule has 4 heteroatoms. The van der Waals surface area contributed by atoms with Crippen molar-refractivity contribution in [3.8, 4) is 5.75 Å². The number of benzene rings is 1. The van der Waals surface area contributed by atoms with Gasteiger partial charge in [0.05, 0.1) is 17.7 Å². The Kier molecular flexibility index (Phi) is 6.14. The average molecular weight is 328 g/mol. The highest BCUT2D eigenvalue weighted by Gasteiger charge is 2.18. The highest BCUT2D eigenvalue weighted by Crippen LogP contribution is 2.31. The van der Waals surface area contributed by atoms with Crippen LogP contribution in [0.3, 0.4) is 0 Å². The standard InChI is InChI=1S/C15H22BrNO2/c1-2-8-17-11-12-4-3-5-14(16)15(12)19-13-6-9-18-10-7-13/h3-5,13,17H,2,6-11H2,1H3.